The van der Waals surface area contributed by atoms with Crippen molar-refractivity contribution in [1.29, 1.82) is 0 Å². The molecule has 0 heterocycles. The number of carbonyl (C=O) groups is 2. The number of hydrogen-bond donors (Lipinski definition) is 2. The molecule has 2 amide bonds. The van der Waals surface area contributed by atoms with Crippen molar-refractivity contribution in [2.75, 3.05) is 26.6 Å². The maximum atomic E-state index is 12.5. The van der Waals surface area contributed by atoms with Crippen molar-refractivity contribution in [1.82, 2.24) is 5.43 Å². The van der Waals surface area contributed by atoms with Crippen LogP contribution in [0.4, 0.5) is 5.69 Å². The van der Waals surface area contributed by atoms with Crippen LogP contribution in [-0.4, -0.2) is 38.9 Å². The van der Waals surface area contributed by atoms with Gasteiger partial charge < -0.3 is 19.5 Å². The van der Waals surface area contributed by atoms with Gasteiger partial charge in [0.1, 0.15) is 0 Å². The summed E-state index contributed by atoms with van der Waals surface area (Å²) in [6, 6.07) is 10.4. The zero-order chi connectivity index (χ0) is 21.7. The zero-order valence-corrected chi connectivity index (χ0v) is 17.4. The molecule has 0 radical (unpaired) electrons. The third-order valence-corrected chi connectivity index (χ3v) is 4.77. The lowest BCUT2D eigenvalue weighted by molar-refractivity contribution is -0.117. The average Bonchev–Trinajstić information content (AvgIpc) is 3.62. The lowest BCUT2D eigenvalue weighted by Gasteiger charge is -2.13. The number of anilines is 1. The Morgan fingerprint density at radius 2 is 1.53 bits per heavy atom. The molecule has 1 aliphatic carbocycles. The van der Waals surface area contributed by atoms with Gasteiger partial charge in [-0.25, -0.2) is 5.43 Å². The van der Waals surface area contributed by atoms with Crippen molar-refractivity contribution in [3.8, 4) is 17.2 Å². The third-order valence-electron chi connectivity index (χ3n) is 4.77. The summed E-state index contributed by atoms with van der Waals surface area (Å²) in [6.45, 7) is 1.78. The van der Waals surface area contributed by atoms with Gasteiger partial charge in [-0.15, -0.1) is 0 Å². The SMILES string of the molecule is COc1cc(C(=O)N/N=C(\C)c2ccc(NC(=O)C3CC3)cc2)cc(OC)c1OC. The van der Waals surface area contributed by atoms with Gasteiger partial charge in [0, 0.05) is 17.2 Å². The van der Waals surface area contributed by atoms with Gasteiger partial charge in [0.25, 0.3) is 5.91 Å². The molecule has 0 saturated heterocycles. The van der Waals surface area contributed by atoms with E-state index in [2.05, 4.69) is 15.8 Å². The van der Waals surface area contributed by atoms with Crippen LogP contribution in [0.25, 0.3) is 0 Å². The number of carbonyl (C=O) groups excluding carboxylic acids is 2. The molecule has 8 nitrogen and oxygen atoms in total. The summed E-state index contributed by atoms with van der Waals surface area (Å²) in [5, 5.41) is 7.06. The number of nitrogens with zero attached hydrogens (tertiary/aromatic N) is 1. The van der Waals surface area contributed by atoms with Gasteiger partial charge in [0.2, 0.25) is 11.7 Å². The van der Waals surface area contributed by atoms with Crippen molar-refractivity contribution >= 4 is 23.2 Å². The Kier molecular flexibility index (Phi) is 6.56. The van der Waals surface area contributed by atoms with Gasteiger partial charge >= 0.3 is 0 Å². The monoisotopic (exact) mass is 411 g/mol. The molecular formula is C22H25N3O5. The molecule has 2 aromatic rings. The minimum atomic E-state index is -0.415. The fourth-order valence-corrected chi connectivity index (χ4v) is 2.86. The summed E-state index contributed by atoms with van der Waals surface area (Å²) in [7, 11) is 4.46. The fourth-order valence-electron chi connectivity index (χ4n) is 2.86. The van der Waals surface area contributed by atoms with Gasteiger partial charge in [0.05, 0.1) is 27.0 Å². The predicted octanol–water partition coefficient (Wildman–Crippen LogP) is 3.21. The molecule has 0 unspecified atom stereocenters. The number of rotatable bonds is 8. The van der Waals surface area contributed by atoms with Crippen molar-refractivity contribution in [3.05, 3.63) is 47.5 Å². The van der Waals surface area contributed by atoms with Gasteiger partial charge in [-0.05, 0) is 49.6 Å². The second-order valence-corrected chi connectivity index (χ2v) is 6.89. The average molecular weight is 411 g/mol. The molecule has 1 fully saturated rings. The minimum Gasteiger partial charge on any atom is -0.493 e. The molecule has 2 aromatic carbocycles. The first-order valence-electron chi connectivity index (χ1n) is 9.52. The van der Waals surface area contributed by atoms with E-state index < -0.39 is 5.91 Å². The third kappa shape index (κ3) is 4.89. The summed E-state index contributed by atoms with van der Waals surface area (Å²) in [5.41, 5.74) is 5.04. The topological polar surface area (TPSA) is 98.2 Å². The highest BCUT2D eigenvalue weighted by Gasteiger charge is 2.29. The molecule has 0 spiro atoms. The van der Waals surface area contributed by atoms with Crippen LogP contribution in [0.2, 0.25) is 0 Å². The Bertz CT molecular complexity index is 940. The smallest absolute Gasteiger partial charge is 0.271 e. The van der Waals surface area contributed by atoms with Crippen LogP contribution in [0, 0.1) is 5.92 Å². The van der Waals surface area contributed by atoms with Crippen molar-refractivity contribution in [2.24, 2.45) is 11.0 Å². The number of nitrogens with one attached hydrogen (secondary N) is 2. The molecule has 30 heavy (non-hydrogen) atoms. The van der Waals surface area contributed by atoms with Gasteiger partial charge in [-0.3, -0.25) is 9.59 Å². The summed E-state index contributed by atoms with van der Waals surface area (Å²) < 4.78 is 15.8. The number of ether oxygens (including phenoxy) is 3. The zero-order valence-electron chi connectivity index (χ0n) is 17.4. The minimum absolute atomic E-state index is 0.0609. The molecule has 1 aliphatic rings. The number of amides is 2. The van der Waals surface area contributed by atoms with Crippen molar-refractivity contribution in [2.45, 2.75) is 19.8 Å². The lowest BCUT2D eigenvalue weighted by Crippen LogP contribution is -2.19. The summed E-state index contributed by atoms with van der Waals surface area (Å²) in [5.74, 6) is 0.967. The van der Waals surface area contributed by atoms with E-state index >= 15 is 0 Å². The Balaban J connectivity index is 1.68. The Hall–Kier alpha value is -3.55. The first-order valence-corrected chi connectivity index (χ1v) is 9.52. The van der Waals surface area contributed by atoms with E-state index in [-0.39, 0.29) is 11.8 Å². The predicted molar refractivity (Wildman–Crippen MR) is 114 cm³/mol. The molecule has 0 bridgehead atoms. The Morgan fingerprint density at radius 1 is 0.933 bits per heavy atom. The van der Waals surface area contributed by atoms with Gasteiger partial charge in [-0.2, -0.15) is 5.10 Å². The van der Waals surface area contributed by atoms with E-state index in [0.29, 0.717) is 28.5 Å². The van der Waals surface area contributed by atoms with Crippen molar-refractivity contribution in [3.63, 3.8) is 0 Å². The van der Waals surface area contributed by atoms with E-state index in [9.17, 15) is 9.59 Å². The van der Waals surface area contributed by atoms with Crippen LogP contribution in [-0.2, 0) is 4.79 Å². The van der Waals surface area contributed by atoms with Gasteiger partial charge in [-0.1, -0.05) is 12.1 Å². The molecule has 1 saturated carbocycles. The van der Waals surface area contributed by atoms with E-state index in [1.165, 1.54) is 21.3 Å². The second-order valence-electron chi connectivity index (χ2n) is 6.89. The molecule has 0 aliphatic heterocycles. The second kappa shape index (κ2) is 9.30. The molecule has 2 N–H and O–H groups in total. The normalized spacial score (nSPS) is 13.4. The van der Waals surface area contributed by atoms with Crippen LogP contribution in [0.5, 0.6) is 17.2 Å². The number of benzene rings is 2. The molecule has 158 valence electrons. The highest BCUT2D eigenvalue weighted by molar-refractivity contribution is 6.02. The number of methoxy groups -OCH3 is 3. The van der Waals surface area contributed by atoms with Crippen LogP contribution >= 0.6 is 0 Å². The van der Waals surface area contributed by atoms with Crippen molar-refractivity contribution < 1.29 is 23.8 Å². The summed E-state index contributed by atoms with van der Waals surface area (Å²) in [6.07, 6.45) is 1.92. The summed E-state index contributed by atoms with van der Waals surface area (Å²) in [4.78, 5) is 24.4. The first-order chi connectivity index (χ1) is 14.5. The molecular weight excluding hydrogens is 386 g/mol. The van der Waals surface area contributed by atoms with Crippen LogP contribution in [0.3, 0.4) is 0 Å². The standard InChI is InChI=1S/C22H25N3O5/c1-13(14-7-9-17(10-8-14)23-21(26)15-5-6-15)24-25-22(27)16-11-18(28-2)20(30-4)19(12-16)29-3/h7-12,15H,5-6H2,1-4H3,(H,23,26)(H,25,27)/b24-13+. The van der Waals surface area contributed by atoms with E-state index in [0.717, 1.165) is 24.1 Å². The largest absolute Gasteiger partial charge is 0.493 e. The maximum absolute atomic E-state index is 12.5. The Labute approximate surface area is 175 Å². The van der Waals surface area contributed by atoms with E-state index in [1.54, 1.807) is 19.1 Å². The van der Waals surface area contributed by atoms with Gasteiger partial charge in [0.15, 0.2) is 11.5 Å². The first kappa shape index (κ1) is 21.2. The van der Waals surface area contributed by atoms with Crippen LogP contribution in [0.15, 0.2) is 41.5 Å². The van der Waals surface area contributed by atoms with Crippen LogP contribution in [0.1, 0.15) is 35.7 Å². The number of hydrogen-bond acceptors (Lipinski definition) is 6. The highest BCUT2D eigenvalue weighted by atomic mass is 16.5. The number of hydrazone groups is 1. The molecule has 3 rings (SSSR count). The quantitative estimate of drug-likeness (QED) is 0.513. The molecule has 8 heteroatoms. The maximum Gasteiger partial charge on any atom is 0.271 e. The van der Waals surface area contributed by atoms with E-state index in [1.807, 2.05) is 24.3 Å². The molecule has 0 atom stereocenters. The van der Waals surface area contributed by atoms with E-state index in [4.69, 9.17) is 14.2 Å². The van der Waals surface area contributed by atoms with Crippen LogP contribution < -0.4 is 25.0 Å². The fraction of sp³-hybridized carbons (Fsp3) is 0.318. The lowest BCUT2D eigenvalue weighted by atomic mass is 10.1. The highest BCUT2D eigenvalue weighted by Crippen LogP contribution is 2.38. The molecule has 0 aromatic heterocycles. The Morgan fingerprint density at radius 3 is 2.03 bits per heavy atom. The summed E-state index contributed by atoms with van der Waals surface area (Å²) >= 11 is 0.